The van der Waals surface area contributed by atoms with E-state index in [2.05, 4.69) is 10.0 Å². The number of hydrogen-bond donors (Lipinski definition) is 2. The van der Waals surface area contributed by atoms with Crippen molar-refractivity contribution in [3.63, 3.8) is 0 Å². The van der Waals surface area contributed by atoms with Crippen LogP contribution in [0.5, 0.6) is 5.75 Å². The fourth-order valence-corrected chi connectivity index (χ4v) is 5.34. The Bertz CT molecular complexity index is 1460. The van der Waals surface area contributed by atoms with Crippen molar-refractivity contribution in [1.29, 1.82) is 0 Å². The molecule has 10 heteroatoms. The first kappa shape index (κ1) is 26.9. The van der Waals surface area contributed by atoms with Gasteiger partial charge in [-0.15, -0.1) is 0 Å². The number of nitrogens with zero attached hydrogens (tertiary/aromatic N) is 1. The third-order valence-electron chi connectivity index (χ3n) is 6.25. The second-order valence-electron chi connectivity index (χ2n) is 9.47. The van der Waals surface area contributed by atoms with Crippen LogP contribution in [0.3, 0.4) is 0 Å². The minimum atomic E-state index is -3.98. The first-order chi connectivity index (χ1) is 18.0. The maximum absolute atomic E-state index is 13.5. The van der Waals surface area contributed by atoms with E-state index in [-0.39, 0.29) is 34.0 Å². The number of fused-ring (bicyclic) bond motifs is 1. The Balaban J connectivity index is 1.60. The molecule has 1 aliphatic heterocycles. The van der Waals surface area contributed by atoms with Gasteiger partial charge in [-0.1, -0.05) is 32.0 Å². The maximum atomic E-state index is 13.5. The molecule has 1 unspecified atom stereocenters. The number of hydrogen-bond acceptors (Lipinski definition) is 6. The molecule has 3 aromatic rings. The number of nitrogens with one attached hydrogen (secondary N) is 2. The predicted molar refractivity (Wildman–Crippen MR) is 144 cm³/mol. The lowest BCUT2D eigenvalue weighted by Crippen LogP contribution is -2.48. The number of ether oxygens (including phenoxy) is 1. The van der Waals surface area contributed by atoms with E-state index in [1.807, 2.05) is 13.8 Å². The smallest absolute Gasteiger partial charge is 0.262 e. The van der Waals surface area contributed by atoms with E-state index in [9.17, 15) is 22.8 Å². The summed E-state index contributed by atoms with van der Waals surface area (Å²) in [6.45, 7) is 5.51. The number of sulfonamides is 1. The van der Waals surface area contributed by atoms with Crippen LogP contribution in [-0.2, 0) is 14.8 Å². The van der Waals surface area contributed by atoms with Gasteiger partial charge in [0.05, 0.1) is 23.1 Å². The molecule has 0 bridgehead atoms. The molecule has 0 aliphatic carbocycles. The Labute approximate surface area is 221 Å². The number of rotatable bonds is 9. The molecule has 0 radical (unpaired) electrons. The molecular formula is C28H29N3O6S. The number of methoxy groups -OCH3 is 1. The molecule has 1 heterocycles. The molecule has 2 N–H and O–H groups in total. The topological polar surface area (TPSA) is 122 Å². The number of anilines is 2. The monoisotopic (exact) mass is 535 g/mol. The third kappa shape index (κ3) is 5.40. The largest absolute Gasteiger partial charge is 0.497 e. The number of carbonyl (C=O) groups excluding carboxylic acids is 3. The molecule has 0 fully saturated rings. The van der Waals surface area contributed by atoms with Crippen LogP contribution in [-0.4, -0.2) is 44.2 Å². The zero-order valence-electron chi connectivity index (χ0n) is 21.5. The summed E-state index contributed by atoms with van der Waals surface area (Å²) in [5.74, 6) is -1.04. The Kier molecular flexibility index (Phi) is 7.54. The average molecular weight is 536 g/mol. The van der Waals surface area contributed by atoms with Gasteiger partial charge in [0, 0.05) is 11.4 Å². The molecule has 38 heavy (non-hydrogen) atoms. The predicted octanol–water partition coefficient (Wildman–Crippen LogP) is 4.45. The summed E-state index contributed by atoms with van der Waals surface area (Å²) < 4.78 is 33.7. The minimum Gasteiger partial charge on any atom is -0.497 e. The van der Waals surface area contributed by atoms with Crippen LogP contribution in [0, 0.1) is 12.8 Å². The standard InChI is InChI=1S/C28H29N3O6S/c1-17(2)15-25(31-27(33)22-7-5-6-8-23(22)28(31)34)26(32)29-24-16-21(14-9-18(24)3)38(35,36)30-19-10-12-20(37-4)13-11-19/h5-14,16-17,25,30H,15H2,1-4H3,(H,29,32). The lowest BCUT2D eigenvalue weighted by Gasteiger charge is -2.27. The Hall–Kier alpha value is -4.18. The fourth-order valence-electron chi connectivity index (χ4n) is 4.26. The lowest BCUT2D eigenvalue weighted by molar-refractivity contribution is -0.120. The van der Waals surface area contributed by atoms with Gasteiger partial charge in [-0.3, -0.25) is 24.0 Å². The highest BCUT2D eigenvalue weighted by Crippen LogP contribution is 2.29. The highest BCUT2D eigenvalue weighted by atomic mass is 32.2. The quantitative estimate of drug-likeness (QED) is 0.390. The lowest BCUT2D eigenvalue weighted by atomic mass is 10.0. The number of aryl methyl sites for hydroxylation is 1. The number of amides is 3. The van der Waals surface area contributed by atoms with Crippen molar-refractivity contribution in [2.75, 3.05) is 17.1 Å². The van der Waals surface area contributed by atoms with Crippen LogP contribution in [0.15, 0.2) is 71.6 Å². The van der Waals surface area contributed by atoms with Crippen molar-refractivity contribution in [3.8, 4) is 5.75 Å². The van der Waals surface area contributed by atoms with Crippen LogP contribution in [0.1, 0.15) is 46.5 Å². The van der Waals surface area contributed by atoms with Crippen molar-refractivity contribution in [3.05, 3.63) is 83.4 Å². The molecule has 0 spiro atoms. The second-order valence-corrected chi connectivity index (χ2v) is 11.2. The number of carbonyl (C=O) groups is 3. The summed E-state index contributed by atoms with van der Waals surface area (Å²) in [7, 11) is -2.46. The number of imide groups is 1. The third-order valence-corrected chi connectivity index (χ3v) is 7.63. The summed E-state index contributed by atoms with van der Waals surface area (Å²) in [5.41, 5.74) is 1.74. The molecule has 1 atom stereocenters. The van der Waals surface area contributed by atoms with Gasteiger partial charge in [-0.2, -0.15) is 0 Å². The van der Waals surface area contributed by atoms with Gasteiger partial charge in [0.2, 0.25) is 5.91 Å². The van der Waals surface area contributed by atoms with Crippen LogP contribution >= 0.6 is 0 Å². The zero-order valence-corrected chi connectivity index (χ0v) is 22.3. The van der Waals surface area contributed by atoms with E-state index >= 15 is 0 Å². The van der Waals surface area contributed by atoms with Crippen LogP contribution in [0.2, 0.25) is 0 Å². The number of benzene rings is 3. The Morgan fingerprint density at radius 1 is 0.947 bits per heavy atom. The van der Waals surface area contributed by atoms with Crippen LogP contribution in [0.4, 0.5) is 11.4 Å². The van der Waals surface area contributed by atoms with E-state index in [1.54, 1.807) is 61.5 Å². The minimum absolute atomic E-state index is 0.00318. The summed E-state index contributed by atoms with van der Waals surface area (Å²) in [6, 6.07) is 16.2. The molecule has 0 saturated carbocycles. The van der Waals surface area contributed by atoms with Gasteiger partial charge in [-0.05, 0) is 73.4 Å². The normalized spacial score (nSPS) is 13.9. The van der Waals surface area contributed by atoms with Crippen molar-refractivity contribution < 1.29 is 27.5 Å². The van der Waals surface area contributed by atoms with E-state index < -0.39 is 33.8 Å². The highest BCUT2D eigenvalue weighted by molar-refractivity contribution is 7.92. The Morgan fingerprint density at radius 3 is 2.11 bits per heavy atom. The van der Waals surface area contributed by atoms with Crippen LogP contribution < -0.4 is 14.8 Å². The molecule has 1 aliphatic rings. The molecule has 198 valence electrons. The van der Waals surface area contributed by atoms with Gasteiger partial charge >= 0.3 is 0 Å². The van der Waals surface area contributed by atoms with Gasteiger partial charge in [0.15, 0.2) is 0 Å². The van der Waals surface area contributed by atoms with Gasteiger partial charge in [-0.25, -0.2) is 8.42 Å². The van der Waals surface area contributed by atoms with Crippen molar-refractivity contribution in [2.24, 2.45) is 5.92 Å². The molecule has 3 amide bonds. The van der Waals surface area contributed by atoms with E-state index in [4.69, 9.17) is 4.74 Å². The van der Waals surface area contributed by atoms with Crippen molar-refractivity contribution in [2.45, 2.75) is 38.1 Å². The SMILES string of the molecule is COc1ccc(NS(=O)(=O)c2ccc(C)c(NC(=O)C(CC(C)C)N3C(=O)c4ccccc4C3=O)c2)cc1. The highest BCUT2D eigenvalue weighted by Gasteiger charge is 2.42. The summed E-state index contributed by atoms with van der Waals surface area (Å²) in [6.07, 6.45) is 0.243. The molecule has 0 saturated heterocycles. The Morgan fingerprint density at radius 2 is 1.55 bits per heavy atom. The van der Waals surface area contributed by atoms with Crippen LogP contribution in [0.25, 0.3) is 0 Å². The van der Waals surface area contributed by atoms with E-state index in [1.165, 1.54) is 19.2 Å². The van der Waals surface area contributed by atoms with Crippen molar-refractivity contribution >= 4 is 39.1 Å². The molecule has 4 rings (SSSR count). The molecular weight excluding hydrogens is 506 g/mol. The van der Waals surface area contributed by atoms with Gasteiger partial charge < -0.3 is 10.1 Å². The summed E-state index contributed by atoms with van der Waals surface area (Å²) in [4.78, 5) is 40.6. The fraction of sp³-hybridized carbons (Fsp3) is 0.250. The summed E-state index contributed by atoms with van der Waals surface area (Å²) in [5, 5.41) is 2.76. The van der Waals surface area contributed by atoms with E-state index in [0.29, 0.717) is 17.0 Å². The zero-order chi connectivity index (χ0) is 27.6. The second kappa shape index (κ2) is 10.7. The average Bonchev–Trinajstić information content (AvgIpc) is 3.13. The first-order valence-electron chi connectivity index (χ1n) is 12.1. The molecule has 0 aromatic heterocycles. The van der Waals surface area contributed by atoms with Gasteiger partial charge in [0.1, 0.15) is 11.8 Å². The summed E-state index contributed by atoms with van der Waals surface area (Å²) >= 11 is 0. The van der Waals surface area contributed by atoms with Gasteiger partial charge in [0.25, 0.3) is 21.8 Å². The van der Waals surface area contributed by atoms with E-state index in [0.717, 1.165) is 4.90 Å². The van der Waals surface area contributed by atoms with Crippen molar-refractivity contribution in [1.82, 2.24) is 4.90 Å². The molecule has 9 nitrogen and oxygen atoms in total. The molecule has 3 aromatic carbocycles. The maximum Gasteiger partial charge on any atom is 0.262 e. The first-order valence-corrected chi connectivity index (χ1v) is 13.6.